The first-order chi connectivity index (χ1) is 15.3. The fourth-order valence-corrected chi connectivity index (χ4v) is 4.75. The van der Waals surface area contributed by atoms with Crippen LogP contribution in [0.3, 0.4) is 0 Å². The van der Waals surface area contributed by atoms with Crippen molar-refractivity contribution in [3.05, 3.63) is 42.0 Å². The zero-order valence-corrected chi connectivity index (χ0v) is 19.0. The minimum Gasteiger partial charge on any atom is -0.497 e. The highest BCUT2D eigenvalue weighted by Gasteiger charge is 2.29. The van der Waals surface area contributed by atoms with Gasteiger partial charge < -0.3 is 14.2 Å². The van der Waals surface area contributed by atoms with Gasteiger partial charge >= 0.3 is 0 Å². The van der Waals surface area contributed by atoms with Gasteiger partial charge in [-0.15, -0.1) is 0 Å². The molecule has 172 valence electrons. The highest BCUT2D eigenvalue weighted by Crippen LogP contribution is 2.31. The maximum atomic E-state index is 13.0. The molecule has 2 aromatic carbocycles. The Labute approximate surface area is 187 Å². The predicted octanol–water partition coefficient (Wildman–Crippen LogP) is 2.28. The second-order valence-corrected chi connectivity index (χ2v) is 8.87. The van der Waals surface area contributed by atoms with Crippen LogP contribution in [0, 0.1) is 0 Å². The summed E-state index contributed by atoms with van der Waals surface area (Å²) in [5, 5.41) is 0. The van der Waals surface area contributed by atoms with Gasteiger partial charge in [0.1, 0.15) is 22.1 Å². The van der Waals surface area contributed by atoms with Gasteiger partial charge in [-0.05, 0) is 54.8 Å². The lowest BCUT2D eigenvalue weighted by atomic mass is 10.1. The summed E-state index contributed by atoms with van der Waals surface area (Å²) in [7, 11) is 0.436. The third kappa shape index (κ3) is 5.03. The number of carbonyl (C=O) groups is 2. The van der Waals surface area contributed by atoms with Crippen molar-refractivity contribution >= 4 is 27.5 Å². The van der Waals surface area contributed by atoms with E-state index in [0.717, 1.165) is 10.5 Å². The summed E-state index contributed by atoms with van der Waals surface area (Å²) in [6, 6.07) is 9.51. The number of benzene rings is 2. The monoisotopic (exact) mass is 462 g/mol. The number of sulfonamides is 1. The second-order valence-electron chi connectivity index (χ2n) is 7.14. The number of hydrogen-bond acceptors (Lipinski definition) is 7. The first-order valence-corrected chi connectivity index (χ1v) is 11.5. The molecule has 1 aliphatic rings. The van der Waals surface area contributed by atoms with E-state index in [2.05, 4.69) is 4.72 Å². The molecular weight excluding hydrogens is 436 g/mol. The summed E-state index contributed by atoms with van der Waals surface area (Å²) in [5.74, 6) is 0.651. The number of anilines is 1. The number of nitrogens with one attached hydrogen (secondary N) is 1. The molecule has 1 saturated heterocycles. The molecule has 0 saturated carbocycles. The number of hydrogen-bond donors (Lipinski definition) is 1. The van der Waals surface area contributed by atoms with E-state index in [0.29, 0.717) is 24.3 Å². The van der Waals surface area contributed by atoms with Gasteiger partial charge in [0.05, 0.1) is 27.0 Å². The zero-order valence-electron chi connectivity index (χ0n) is 18.2. The van der Waals surface area contributed by atoms with E-state index in [1.54, 1.807) is 25.3 Å². The van der Waals surface area contributed by atoms with Crippen LogP contribution in [-0.4, -0.2) is 48.1 Å². The highest BCUT2D eigenvalue weighted by molar-refractivity contribution is 7.89. The summed E-state index contributed by atoms with van der Waals surface area (Å²) < 4.78 is 44.4. The number of imide groups is 1. The molecule has 0 spiro atoms. The quantitative estimate of drug-likeness (QED) is 0.569. The highest BCUT2D eigenvalue weighted by atomic mass is 32.2. The summed E-state index contributed by atoms with van der Waals surface area (Å²) in [4.78, 5) is 25.4. The van der Waals surface area contributed by atoms with Crippen LogP contribution in [0.4, 0.5) is 5.69 Å². The van der Waals surface area contributed by atoms with Gasteiger partial charge in [0.2, 0.25) is 21.8 Å². The number of ether oxygens (including phenoxy) is 3. The lowest BCUT2D eigenvalue weighted by Crippen LogP contribution is -2.40. The van der Waals surface area contributed by atoms with Crippen LogP contribution in [0.15, 0.2) is 41.3 Å². The molecular formula is C22H26N2O7S. The Morgan fingerprint density at radius 3 is 2.19 bits per heavy atom. The molecule has 2 aromatic rings. The van der Waals surface area contributed by atoms with Crippen molar-refractivity contribution in [2.45, 2.75) is 30.6 Å². The molecule has 1 heterocycles. The van der Waals surface area contributed by atoms with Crippen LogP contribution in [0.1, 0.15) is 24.8 Å². The molecule has 2 amide bonds. The molecule has 32 heavy (non-hydrogen) atoms. The molecule has 0 atom stereocenters. The van der Waals surface area contributed by atoms with Gasteiger partial charge in [-0.25, -0.2) is 13.1 Å². The van der Waals surface area contributed by atoms with Crippen LogP contribution in [0.25, 0.3) is 0 Å². The number of rotatable bonds is 9. The Morgan fingerprint density at radius 2 is 1.56 bits per heavy atom. The molecule has 0 unspecified atom stereocenters. The molecule has 9 nitrogen and oxygen atoms in total. The Morgan fingerprint density at radius 1 is 0.906 bits per heavy atom. The van der Waals surface area contributed by atoms with E-state index in [9.17, 15) is 18.0 Å². The van der Waals surface area contributed by atoms with Crippen molar-refractivity contribution in [2.75, 3.05) is 32.8 Å². The lowest BCUT2D eigenvalue weighted by Gasteiger charge is -2.25. The normalized spacial score (nSPS) is 14.4. The fourth-order valence-electron chi connectivity index (χ4n) is 3.53. The maximum Gasteiger partial charge on any atom is 0.244 e. The van der Waals surface area contributed by atoms with Gasteiger partial charge in [0.15, 0.2) is 0 Å². The first-order valence-electron chi connectivity index (χ1n) is 10.0. The van der Waals surface area contributed by atoms with Crippen molar-refractivity contribution in [3.8, 4) is 17.2 Å². The third-order valence-electron chi connectivity index (χ3n) is 5.15. The van der Waals surface area contributed by atoms with Gasteiger partial charge in [0.25, 0.3) is 0 Å². The number of amides is 2. The molecule has 1 N–H and O–H groups in total. The summed E-state index contributed by atoms with van der Waals surface area (Å²) in [6.07, 6.45) is 1.32. The molecule has 1 fully saturated rings. The predicted molar refractivity (Wildman–Crippen MR) is 118 cm³/mol. The van der Waals surface area contributed by atoms with E-state index in [4.69, 9.17) is 14.2 Å². The first kappa shape index (κ1) is 23.6. The van der Waals surface area contributed by atoms with Crippen molar-refractivity contribution in [3.63, 3.8) is 0 Å². The van der Waals surface area contributed by atoms with Gasteiger partial charge in [-0.2, -0.15) is 0 Å². The molecule has 3 rings (SSSR count). The zero-order chi connectivity index (χ0) is 23.3. The summed E-state index contributed by atoms with van der Waals surface area (Å²) in [5.41, 5.74) is 0.982. The lowest BCUT2D eigenvalue weighted by molar-refractivity contribution is -0.129. The third-order valence-corrected chi connectivity index (χ3v) is 6.63. The molecule has 1 aliphatic heterocycles. The number of piperidine rings is 1. The molecule has 0 aliphatic carbocycles. The minimum absolute atomic E-state index is 0.0841. The van der Waals surface area contributed by atoms with E-state index < -0.39 is 10.0 Å². The van der Waals surface area contributed by atoms with Crippen molar-refractivity contribution in [2.24, 2.45) is 0 Å². The van der Waals surface area contributed by atoms with Gasteiger partial charge in [-0.3, -0.25) is 14.5 Å². The van der Waals surface area contributed by atoms with Crippen LogP contribution in [-0.2, 0) is 26.0 Å². The van der Waals surface area contributed by atoms with E-state index in [1.165, 1.54) is 32.4 Å². The molecule has 10 heteroatoms. The smallest absolute Gasteiger partial charge is 0.244 e. The standard InChI is InChI=1S/C22H26N2O7S/c1-29-17-8-10-18(30-2)15(13-17)11-12-23-32(27,28)20-14-16(7-9-19(20)31-3)24-21(25)5-4-6-22(24)26/h7-10,13-14,23H,4-6,11-12H2,1-3H3. The van der Waals surface area contributed by atoms with Gasteiger partial charge in [0, 0.05) is 19.4 Å². The van der Waals surface area contributed by atoms with Crippen molar-refractivity contribution < 1.29 is 32.2 Å². The Bertz CT molecular complexity index is 1100. The molecule has 0 radical (unpaired) electrons. The molecule has 0 aromatic heterocycles. The SMILES string of the molecule is COc1ccc(OC)c(CCNS(=O)(=O)c2cc(N3C(=O)CCCC3=O)ccc2OC)c1. The molecule has 0 bridgehead atoms. The summed E-state index contributed by atoms with van der Waals surface area (Å²) in [6.45, 7) is 0.0841. The fraction of sp³-hybridized carbons (Fsp3) is 0.364. The minimum atomic E-state index is -4.00. The topological polar surface area (TPSA) is 111 Å². The Kier molecular flexibility index (Phi) is 7.37. The Hall–Kier alpha value is -3.11. The van der Waals surface area contributed by atoms with Crippen LogP contribution < -0.4 is 23.8 Å². The van der Waals surface area contributed by atoms with Crippen LogP contribution >= 0.6 is 0 Å². The second kappa shape index (κ2) is 10.0. The maximum absolute atomic E-state index is 13.0. The summed E-state index contributed by atoms with van der Waals surface area (Å²) >= 11 is 0. The van der Waals surface area contributed by atoms with Crippen molar-refractivity contribution in [1.29, 1.82) is 0 Å². The Balaban J connectivity index is 1.83. The van der Waals surface area contributed by atoms with E-state index in [1.807, 2.05) is 0 Å². The number of methoxy groups -OCH3 is 3. The van der Waals surface area contributed by atoms with E-state index in [-0.39, 0.29) is 47.5 Å². The van der Waals surface area contributed by atoms with Gasteiger partial charge in [-0.1, -0.05) is 0 Å². The average Bonchev–Trinajstić information content (AvgIpc) is 2.78. The van der Waals surface area contributed by atoms with Crippen LogP contribution in [0.2, 0.25) is 0 Å². The largest absolute Gasteiger partial charge is 0.497 e. The van der Waals surface area contributed by atoms with E-state index >= 15 is 0 Å². The average molecular weight is 463 g/mol. The number of carbonyl (C=O) groups excluding carboxylic acids is 2. The van der Waals surface area contributed by atoms with Crippen molar-refractivity contribution in [1.82, 2.24) is 4.72 Å². The van der Waals surface area contributed by atoms with Crippen LogP contribution in [0.5, 0.6) is 17.2 Å². The number of nitrogens with zero attached hydrogens (tertiary/aromatic N) is 1.